The standard InChI is InChI=1S/C17H23ClFN3O2/c1-4-21-7-9-22(10-8-21)16(24)17(2,3)15(23)20-12-5-6-14(19)13(18)11-12/h5-6,11H,4,7-10H2,1-3H3,(H,20,23). The molecule has 0 aliphatic carbocycles. The van der Waals surface area contributed by atoms with Crippen molar-refractivity contribution in [2.24, 2.45) is 5.41 Å². The zero-order chi connectivity index (χ0) is 17.9. The number of anilines is 1. The fraction of sp³-hybridized carbons (Fsp3) is 0.529. The van der Waals surface area contributed by atoms with E-state index < -0.39 is 17.1 Å². The maximum atomic E-state index is 13.2. The van der Waals surface area contributed by atoms with Gasteiger partial charge in [-0.05, 0) is 38.6 Å². The van der Waals surface area contributed by atoms with Crippen molar-refractivity contribution < 1.29 is 14.0 Å². The van der Waals surface area contributed by atoms with Gasteiger partial charge in [0, 0.05) is 31.9 Å². The molecule has 0 unspecified atom stereocenters. The topological polar surface area (TPSA) is 52.7 Å². The summed E-state index contributed by atoms with van der Waals surface area (Å²) >= 11 is 5.72. The van der Waals surface area contributed by atoms with E-state index in [4.69, 9.17) is 11.6 Å². The second kappa shape index (κ2) is 7.49. The van der Waals surface area contributed by atoms with E-state index in [0.717, 1.165) is 19.6 Å². The van der Waals surface area contributed by atoms with Crippen LogP contribution in [-0.4, -0.2) is 54.3 Å². The molecule has 1 aromatic rings. The molecule has 1 fully saturated rings. The molecule has 1 aromatic carbocycles. The van der Waals surface area contributed by atoms with Crippen LogP contribution in [0.5, 0.6) is 0 Å². The zero-order valence-corrected chi connectivity index (χ0v) is 15.0. The molecule has 5 nitrogen and oxygen atoms in total. The monoisotopic (exact) mass is 355 g/mol. The van der Waals surface area contributed by atoms with Gasteiger partial charge in [0.1, 0.15) is 11.2 Å². The molecule has 24 heavy (non-hydrogen) atoms. The minimum Gasteiger partial charge on any atom is -0.339 e. The van der Waals surface area contributed by atoms with Crippen LogP contribution in [-0.2, 0) is 9.59 Å². The SMILES string of the molecule is CCN1CCN(C(=O)C(C)(C)C(=O)Nc2ccc(F)c(Cl)c2)CC1. The van der Waals surface area contributed by atoms with E-state index in [-0.39, 0.29) is 10.9 Å². The number of benzene rings is 1. The van der Waals surface area contributed by atoms with Crippen molar-refractivity contribution >= 4 is 29.1 Å². The second-order valence-corrected chi connectivity index (χ2v) is 6.84. The number of hydrogen-bond donors (Lipinski definition) is 1. The molecule has 0 bridgehead atoms. The van der Waals surface area contributed by atoms with Gasteiger partial charge in [-0.15, -0.1) is 0 Å². The average Bonchev–Trinajstić information content (AvgIpc) is 2.57. The van der Waals surface area contributed by atoms with Gasteiger partial charge < -0.3 is 15.1 Å². The molecule has 1 heterocycles. The lowest BCUT2D eigenvalue weighted by Crippen LogP contribution is -2.54. The number of carbonyl (C=O) groups is 2. The predicted molar refractivity (Wildman–Crippen MR) is 92.5 cm³/mol. The number of rotatable bonds is 4. The highest BCUT2D eigenvalue weighted by molar-refractivity contribution is 6.31. The van der Waals surface area contributed by atoms with Gasteiger partial charge in [-0.1, -0.05) is 18.5 Å². The first kappa shape index (κ1) is 18.7. The molecule has 2 amide bonds. The number of nitrogens with one attached hydrogen (secondary N) is 1. The van der Waals surface area contributed by atoms with Crippen LogP contribution in [0.25, 0.3) is 0 Å². The first-order chi connectivity index (χ1) is 11.3. The van der Waals surface area contributed by atoms with Gasteiger partial charge in [-0.3, -0.25) is 9.59 Å². The highest BCUT2D eigenvalue weighted by Gasteiger charge is 2.40. The fourth-order valence-electron chi connectivity index (χ4n) is 2.62. The fourth-order valence-corrected chi connectivity index (χ4v) is 2.80. The second-order valence-electron chi connectivity index (χ2n) is 6.43. The van der Waals surface area contributed by atoms with E-state index in [1.54, 1.807) is 18.7 Å². The molecule has 132 valence electrons. The van der Waals surface area contributed by atoms with Crippen molar-refractivity contribution in [1.82, 2.24) is 9.80 Å². The van der Waals surface area contributed by atoms with Crippen LogP contribution in [0.1, 0.15) is 20.8 Å². The lowest BCUT2D eigenvalue weighted by atomic mass is 9.89. The lowest BCUT2D eigenvalue weighted by Gasteiger charge is -2.37. The molecule has 1 saturated heterocycles. The van der Waals surface area contributed by atoms with E-state index in [1.807, 2.05) is 0 Å². The minimum atomic E-state index is -1.21. The molecule has 0 saturated carbocycles. The Balaban J connectivity index is 2.03. The quantitative estimate of drug-likeness (QED) is 0.845. The summed E-state index contributed by atoms with van der Waals surface area (Å²) in [5.41, 5.74) is -0.849. The third-order valence-electron chi connectivity index (χ3n) is 4.39. The van der Waals surface area contributed by atoms with Crippen LogP contribution in [0.4, 0.5) is 10.1 Å². The van der Waals surface area contributed by atoms with Crippen LogP contribution < -0.4 is 5.32 Å². The number of hydrogen-bond acceptors (Lipinski definition) is 3. The number of piperazine rings is 1. The summed E-state index contributed by atoms with van der Waals surface area (Å²) < 4.78 is 13.2. The van der Waals surface area contributed by atoms with Gasteiger partial charge in [0.05, 0.1) is 5.02 Å². The molecule has 0 spiro atoms. The summed E-state index contributed by atoms with van der Waals surface area (Å²) in [5, 5.41) is 2.57. The molecule has 1 aliphatic heterocycles. The van der Waals surface area contributed by atoms with E-state index in [2.05, 4.69) is 17.1 Å². The summed E-state index contributed by atoms with van der Waals surface area (Å²) in [6.45, 7) is 9.10. The predicted octanol–water partition coefficient (Wildman–Crippen LogP) is 2.61. The van der Waals surface area contributed by atoms with Crippen LogP contribution in [0, 0.1) is 11.2 Å². The molecule has 0 atom stereocenters. The Kier molecular flexibility index (Phi) is 5.83. The molecule has 7 heteroatoms. The van der Waals surface area contributed by atoms with Gasteiger partial charge in [0.25, 0.3) is 0 Å². The number of amides is 2. The Bertz CT molecular complexity index is 628. The van der Waals surface area contributed by atoms with Crippen molar-refractivity contribution in [3.05, 3.63) is 29.0 Å². The summed E-state index contributed by atoms with van der Waals surface area (Å²) in [6.07, 6.45) is 0. The number of carbonyl (C=O) groups excluding carboxylic acids is 2. The minimum absolute atomic E-state index is 0.0763. The number of likely N-dealkylation sites (N-methyl/N-ethyl adjacent to an activating group) is 1. The van der Waals surface area contributed by atoms with Crippen molar-refractivity contribution in [3.8, 4) is 0 Å². The third kappa shape index (κ3) is 4.05. The van der Waals surface area contributed by atoms with Gasteiger partial charge in [-0.2, -0.15) is 0 Å². The van der Waals surface area contributed by atoms with Gasteiger partial charge in [0.15, 0.2) is 0 Å². The van der Waals surface area contributed by atoms with Crippen LogP contribution in [0.15, 0.2) is 18.2 Å². The number of nitrogens with zero attached hydrogens (tertiary/aromatic N) is 2. The number of halogens is 2. The lowest BCUT2D eigenvalue weighted by molar-refractivity contribution is -0.147. The molecule has 1 N–H and O–H groups in total. The van der Waals surface area contributed by atoms with E-state index in [1.165, 1.54) is 18.2 Å². The zero-order valence-electron chi connectivity index (χ0n) is 14.2. The first-order valence-electron chi connectivity index (χ1n) is 8.04. The van der Waals surface area contributed by atoms with Crippen molar-refractivity contribution in [1.29, 1.82) is 0 Å². The Morgan fingerprint density at radius 1 is 1.25 bits per heavy atom. The van der Waals surface area contributed by atoms with Crippen LogP contribution in [0.3, 0.4) is 0 Å². The Morgan fingerprint density at radius 3 is 2.42 bits per heavy atom. The van der Waals surface area contributed by atoms with E-state index >= 15 is 0 Å². The van der Waals surface area contributed by atoms with Gasteiger partial charge in [0.2, 0.25) is 11.8 Å². The third-order valence-corrected chi connectivity index (χ3v) is 4.68. The van der Waals surface area contributed by atoms with Gasteiger partial charge in [-0.25, -0.2) is 4.39 Å². The van der Waals surface area contributed by atoms with Crippen LogP contribution in [0.2, 0.25) is 5.02 Å². The normalized spacial score (nSPS) is 16.1. The molecule has 0 radical (unpaired) electrons. The highest BCUT2D eigenvalue weighted by atomic mass is 35.5. The molecule has 2 rings (SSSR count). The average molecular weight is 356 g/mol. The highest BCUT2D eigenvalue weighted by Crippen LogP contribution is 2.25. The Morgan fingerprint density at radius 2 is 1.88 bits per heavy atom. The maximum absolute atomic E-state index is 13.2. The largest absolute Gasteiger partial charge is 0.339 e. The maximum Gasteiger partial charge on any atom is 0.239 e. The summed E-state index contributed by atoms with van der Waals surface area (Å²) in [4.78, 5) is 29.2. The summed E-state index contributed by atoms with van der Waals surface area (Å²) in [7, 11) is 0. The summed E-state index contributed by atoms with van der Waals surface area (Å²) in [5.74, 6) is -1.20. The molecular weight excluding hydrogens is 333 g/mol. The van der Waals surface area contributed by atoms with E-state index in [0.29, 0.717) is 18.8 Å². The molecule has 1 aliphatic rings. The Hall–Kier alpha value is -1.66. The van der Waals surface area contributed by atoms with Gasteiger partial charge >= 0.3 is 0 Å². The van der Waals surface area contributed by atoms with Crippen molar-refractivity contribution in [2.45, 2.75) is 20.8 Å². The summed E-state index contributed by atoms with van der Waals surface area (Å²) in [6, 6.07) is 3.92. The van der Waals surface area contributed by atoms with E-state index in [9.17, 15) is 14.0 Å². The van der Waals surface area contributed by atoms with Crippen molar-refractivity contribution in [3.63, 3.8) is 0 Å². The van der Waals surface area contributed by atoms with Crippen molar-refractivity contribution in [2.75, 3.05) is 38.0 Å². The molecular formula is C17H23ClFN3O2. The van der Waals surface area contributed by atoms with Crippen LogP contribution >= 0.6 is 11.6 Å². The first-order valence-corrected chi connectivity index (χ1v) is 8.41. The molecule has 0 aromatic heterocycles. The Labute approximate surface area is 146 Å². The smallest absolute Gasteiger partial charge is 0.239 e.